The molecule has 0 saturated carbocycles. The van der Waals surface area contributed by atoms with Crippen molar-refractivity contribution >= 4 is 20.9 Å². The van der Waals surface area contributed by atoms with E-state index in [4.69, 9.17) is 0 Å². The number of halogens is 1. The van der Waals surface area contributed by atoms with Crippen LogP contribution in [0.25, 0.3) is 22.4 Å². The summed E-state index contributed by atoms with van der Waals surface area (Å²) in [6, 6.07) is 11.2. The van der Waals surface area contributed by atoms with Crippen LogP contribution < -0.4 is 0 Å². The van der Waals surface area contributed by atoms with Crippen LogP contribution in [-0.2, 0) is 16.9 Å². The number of hydrogen-bond donors (Lipinski definition) is 0. The predicted octanol–water partition coefficient (Wildman–Crippen LogP) is 5.08. The number of fused-ring (bicyclic) bond motifs is 1. The maximum atomic E-state index is 15.8. The highest BCUT2D eigenvalue weighted by molar-refractivity contribution is 7.90. The molecule has 2 aromatic carbocycles. The Hall–Kier alpha value is -2.29. The Morgan fingerprint density at radius 1 is 0.973 bits per heavy atom. The van der Waals surface area contributed by atoms with Crippen LogP contribution in [0.15, 0.2) is 41.3 Å². The summed E-state index contributed by atoms with van der Waals surface area (Å²) in [4.78, 5) is 10.2. The van der Waals surface area contributed by atoms with Gasteiger partial charge in [-0.2, -0.15) is 0 Å². The molecule has 8 heteroatoms. The number of likely N-dealkylation sites (tertiary alicyclic amines) is 2. The minimum Gasteiger partial charge on any atom is -0.327 e. The zero-order chi connectivity index (χ0) is 26.3. The molecule has 2 saturated heterocycles. The van der Waals surface area contributed by atoms with Crippen molar-refractivity contribution in [3.8, 4) is 11.4 Å². The number of nitrogens with zero attached hydrogens (tertiary/aromatic N) is 4. The second kappa shape index (κ2) is 10.5. The lowest BCUT2D eigenvalue weighted by Gasteiger charge is -2.42. The van der Waals surface area contributed by atoms with E-state index in [0.29, 0.717) is 17.4 Å². The number of imidazole rings is 1. The van der Waals surface area contributed by atoms with Crippen LogP contribution in [0.5, 0.6) is 0 Å². The van der Waals surface area contributed by atoms with Crippen LogP contribution in [0.2, 0.25) is 0 Å². The van der Waals surface area contributed by atoms with Crippen molar-refractivity contribution in [2.24, 2.45) is 13.0 Å². The molecule has 1 aromatic heterocycles. The van der Waals surface area contributed by atoms with Gasteiger partial charge in [-0.15, -0.1) is 0 Å². The SMILES string of the molecule is CC(C)CN1CCC(N2CCC(c3ccc4c(nc(-c5ccc(S(C)(=O)=O)cc5)n4C)c3F)CC2)CC1. The summed E-state index contributed by atoms with van der Waals surface area (Å²) in [6.07, 6.45) is 5.61. The number of rotatable bonds is 6. The monoisotopic (exact) mass is 526 g/mol. The molecule has 2 aliphatic rings. The van der Waals surface area contributed by atoms with Gasteiger partial charge in [-0.05, 0) is 99.6 Å². The highest BCUT2D eigenvalue weighted by atomic mass is 32.2. The summed E-state index contributed by atoms with van der Waals surface area (Å²) in [6.45, 7) is 10.2. The summed E-state index contributed by atoms with van der Waals surface area (Å²) in [7, 11) is -1.40. The second-order valence-corrected chi connectivity index (χ2v) is 13.4. The fraction of sp³-hybridized carbons (Fsp3) is 0.552. The normalized spacial score (nSPS) is 19.3. The third kappa shape index (κ3) is 5.47. The second-order valence-electron chi connectivity index (χ2n) is 11.4. The fourth-order valence-corrected chi connectivity index (χ4v) is 6.86. The molecule has 2 fully saturated rings. The molecule has 2 aliphatic heterocycles. The van der Waals surface area contributed by atoms with Crippen molar-refractivity contribution in [3.05, 3.63) is 47.8 Å². The van der Waals surface area contributed by atoms with Gasteiger partial charge < -0.3 is 14.4 Å². The van der Waals surface area contributed by atoms with Crippen molar-refractivity contribution in [1.29, 1.82) is 0 Å². The van der Waals surface area contributed by atoms with Gasteiger partial charge in [0.05, 0.1) is 10.4 Å². The zero-order valence-corrected chi connectivity index (χ0v) is 23.3. The Balaban J connectivity index is 1.29. The van der Waals surface area contributed by atoms with E-state index in [9.17, 15) is 8.42 Å². The predicted molar refractivity (Wildman–Crippen MR) is 147 cm³/mol. The highest BCUT2D eigenvalue weighted by Crippen LogP contribution is 2.35. The van der Waals surface area contributed by atoms with E-state index in [-0.39, 0.29) is 16.6 Å². The van der Waals surface area contributed by atoms with E-state index in [1.54, 1.807) is 24.3 Å². The standard InChI is InChI=1S/C29H39FN4O2S/c1-20(2)19-33-15-13-23(14-16-33)34-17-11-21(12-18-34)25-9-10-26-28(27(25)30)31-29(32(26)3)22-5-7-24(8-6-22)37(4,35)36/h5-10,20-21,23H,11-19H2,1-4H3. The number of sulfone groups is 1. The first-order chi connectivity index (χ1) is 17.6. The molecule has 0 spiro atoms. The maximum Gasteiger partial charge on any atom is 0.175 e. The van der Waals surface area contributed by atoms with Gasteiger partial charge in [-0.3, -0.25) is 0 Å². The van der Waals surface area contributed by atoms with E-state index in [2.05, 4.69) is 28.6 Å². The summed E-state index contributed by atoms with van der Waals surface area (Å²) in [5.41, 5.74) is 2.67. The van der Waals surface area contributed by atoms with Crippen LogP contribution in [0, 0.1) is 11.7 Å². The molecule has 37 heavy (non-hydrogen) atoms. The highest BCUT2D eigenvalue weighted by Gasteiger charge is 2.30. The summed E-state index contributed by atoms with van der Waals surface area (Å²) in [5.74, 6) is 1.34. The molecule has 200 valence electrons. The van der Waals surface area contributed by atoms with E-state index >= 15 is 4.39 Å². The van der Waals surface area contributed by atoms with E-state index in [1.165, 1.54) is 38.7 Å². The van der Waals surface area contributed by atoms with Crippen LogP contribution in [0.4, 0.5) is 4.39 Å². The van der Waals surface area contributed by atoms with Crippen molar-refractivity contribution < 1.29 is 12.8 Å². The van der Waals surface area contributed by atoms with Crippen LogP contribution in [0.3, 0.4) is 0 Å². The average molecular weight is 527 g/mol. The first-order valence-electron chi connectivity index (χ1n) is 13.5. The number of aromatic nitrogens is 2. The number of benzene rings is 2. The van der Waals surface area contributed by atoms with Crippen molar-refractivity contribution in [3.63, 3.8) is 0 Å². The number of hydrogen-bond acceptors (Lipinski definition) is 5. The van der Waals surface area contributed by atoms with Crippen LogP contribution in [-0.4, -0.2) is 72.8 Å². The number of aryl methyl sites for hydroxylation is 1. The summed E-state index contributed by atoms with van der Waals surface area (Å²) < 4.78 is 41.3. The van der Waals surface area contributed by atoms with Gasteiger partial charge in [0.25, 0.3) is 0 Å². The first kappa shape index (κ1) is 26.3. The Morgan fingerprint density at radius 2 is 1.62 bits per heavy atom. The molecule has 0 radical (unpaired) electrons. The molecule has 5 rings (SSSR count). The molecule has 0 atom stereocenters. The van der Waals surface area contributed by atoms with Crippen LogP contribution >= 0.6 is 0 Å². The molecule has 6 nitrogen and oxygen atoms in total. The Kier molecular flexibility index (Phi) is 7.44. The fourth-order valence-electron chi connectivity index (χ4n) is 6.23. The molecular formula is C29H39FN4O2S. The maximum absolute atomic E-state index is 15.8. The van der Waals surface area contributed by atoms with Gasteiger partial charge in [0.15, 0.2) is 15.7 Å². The van der Waals surface area contributed by atoms with E-state index < -0.39 is 9.84 Å². The van der Waals surface area contributed by atoms with Crippen molar-refractivity contribution in [2.75, 3.05) is 39.0 Å². The topological polar surface area (TPSA) is 58.4 Å². The van der Waals surface area contributed by atoms with Gasteiger partial charge in [0, 0.05) is 31.5 Å². The molecule has 0 unspecified atom stereocenters. The largest absolute Gasteiger partial charge is 0.327 e. The molecule has 3 aromatic rings. The van der Waals surface area contributed by atoms with Crippen molar-refractivity contribution in [2.45, 2.75) is 56.4 Å². The first-order valence-corrected chi connectivity index (χ1v) is 15.4. The lowest BCUT2D eigenvalue weighted by molar-refractivity contribution is 0.0825. The number of piperidine rings is 2. The van der Waals surface area contributed by atoms with Gasteiger partial charge in [0.2, 0.25) is 0 Å². The van der Waals surface area contributed by atoms with Gasteiger partial charge >= 0.3 is 0 Å². The lowest BCUT2D eigenvalue weighted by Crippen LogP contribution is -2.48. The molecule has 0 bridgehead atoms. The molecular weight excluding hydrogens is 487 g/mol. The average Bonchev–Trinajstić information content (AvgIpc) is 3.21. The van der Waals surface area contributed by atoms with E-state index in [1.807, 2.05) is 23.7 Å². The molecule has 3 heterocycles. The smallest absolute Gasteiger partial charge is 0.175 e. The van der Waals surface area contributed by atoms with Gasteiger partial charge in [-0.1, -0.05) is 19.9 Å². The Morgan fingerprint density at radius 3 is 2.22 bits per heavy atom. The van der Waals surface area contributed by atoms with Gasteiger partial charge in [0.1, 0.15) is 11.3 Å². The Labute approximate surface area is 220 Å². The van der Waals surface area contributed by atoms with Crippen molar-refractivity contribution in [1.82, 2.24) is 19.4 Å². The van der Waals surface area contributed by atoms with E-state index in [0.717, 1.165) is 48.5 Å². The third-order valence-electron chi connectivity index (χ3n) is 8.23. The minimum absolute atomic E-state index is 0.209. The molecule has 0 amide bonds. The lowest BCUT2D eigenvalue weighted by atomic mass is 9.87. The molecule has 0 N–H and O–H groups in total. The summed E-state index contributed by atoms with van der Waals surface area (Å²) >= 11 is 0. The Bertz CT molecular complexity index is 1350. The third-order valence-corrected chi connectivity index (χ3v) is 9.36. The quantitative estimate of drug-likeness (QED) is 0.448. The van der Waals surface area contributed by atoms with Crippen LogP contribution in [0.1, 0.15) is 51.0 Å². The molecule has 0 aliphatic carbocycles. The summed E-state index contributed by atoms with van der Waals surface area (Å²) in [5, 5.41) is 0. The van der Waals surface area contributed by atoms with Gasteiger partial charge in [-0.25, -0.2) is 17.8 Å². The zero-order valence-electron chi connectivity index (χ0n) is 22.5. The minimum atomic E-state index is -3.27.